The van der Waals surface area contributed by atoms with Gasteiger partial charge in [0.2, 0.25) is 5.91 Å². The van der Waals surface area contributed by atoms with Crippen molar-refractivity contribution in [3.63, 3.8) is 0 Å². The van der Waals surface area contributed by atoms with Crippen molar-refractivity contribution in [1.82, 2.24) is 0 Å². The van der Waals surface area contributed by atoms with E-state index in [0.717, 1.165) is 43.5 Å². The maximum atomic E-state index is 13.3. The van der Waals surface area contributed by atoms with Gasteiger partial charge in [-0.05, 0) is 51.3 Å². The summed E-state index contributed by atoms with van der Waals surface area (Å²) in [6, 6.07) is 16.0. The standard InChI is InChI=1S/C28H29NO3S3/c1-6-11-21(30)29-20-16-17(3)14-15-19(20)22(25(33)28(29,4)5)27-34-23(18-12-9-8-10-13-18)24(35-27)26(31)32-7-2/h8-10,12-16H,6-7,11H2,1-5H3/b27-22-. The fourth-order valence-corrected chi connectivity index (χ4v) is 7.49. The summed E-state index contributed by atoms with van der Waals surface area (Å²) < 4.78 is 6.34. The SMILES string of the molecule is CCCC(=O)N1c2cc(C)ccc2/C(=C2/SC(C(=O)OCC)=C(c3ccccc3)S2)C(=S)C1(C)C. The highest BCUT2D eigenvalue weighted by Gasteiger charge is 2.45. The molecule has 2 aromatic carbocycles. The number of rotatable bonds is 5. The van der Waals surface area contributed by atoms with E-state index >= 15 is 0 Å². The number of carbonyl (C=O) groups excluding carboxylic acids is 2. The largest absolute Gasteiger partial charge is 0.462 e. The first-order valence-electron chi connectivity index (χ1n) is 11.8. The summed E-state index contributed by atoms with van der Waals surface area (Å²) in [5.74, 6) is -0.262. The molecule has 0 saturated heterocycles. The van der Waals surface area contributed by atoms with Crippen LogP contribution in [0.3, 0.4) is 0 Å². The monoisotopic (exact) mass is 523 g/mol. The molecule has 182 valence electrons. The van der Waals surface area contributed by atoms with Crippen molar-refractivity contribution in [2.75, 3.05) is 11.5 Å². The molecule has 4 rings (SSSR count). The van der Waals surface area contributed by atoms with E-state index in [4.69, 9.17) is 17.0 Å². The zero-order valence-corrected chi connectivity index (χ0v) is 23.1. The molecule has 4 nitrogen and oxygen atoms in total. The van der Waals surface area contributed by atoms with Crippen LogP contribution in [0.1, 0.15) is 57.2 Å². The fourth-order valence-electron chi connectivity index (χ4n) is 4.35. The van der Waals surface area contributed by atoms with Gasteiger partial charge in [-0.3, -0.25) is 4.79 Å². The Labute approximate surface area is 221 Å². The molecule has 2 aliphatic rings. The van der Waals surface area contributed by atoms with Crippen molar-refractivity contribution in [3.8, 4) is 0 Å². The summed E-state index contributed by atoms with van der Waals surface area (Å²) in [6.45, 7) is 10.2. The van der Waals surface area contributed by atoms with Crippen molar-refractivity contribution < 1.29 is 14.3 Å². The molecule has 0 fully saturated rings. The molecule has 0 spiro atoms. The van der Waals surface area contributed by atoms with Gasteiger partial charge in [0.15, 0.2) is 0 Å². The van der Waals surface area contributed by atoms with Crippen LogP contribution in [0.25, 0.3) is 10.5 Å². The highest BCUT2D eigenvalue weighted by molar-refractivity contribution is 8.32. The molecule has 0 saturated carbocycles. The van der Waals surface area contributed by atoms with E-state index in [1.54, 1.807) is 11.8 Å². The average Bonchev–Trinajstić information content (AvgIpc) is 3.26. The molecule has 2 aliphatic heterocycles. The van der Waals surface area contributed by atoms with E-state index in [1.165, 1.54) is 11.8 Å². The number of thiocarbonyl (C=S) groups is 1. The van der Waals surface area contributed by atoms with Gasteiger partial charge in [-0.2, -0.15) is 0 Å². The van der Waals surface area contributed by atoms with Crippen LogP contribution in [-0.4, -0.2) is 28.9 Å². The van der Waals surface area contributed by atoms with Gasteiger partial charge in [0, 0.05) is 22.5 Å². The van der Waals surface area contributed by atoms with Crippen molar-refractivity contribution >= 4 is 68.6 Å². The van der Waals surface area contributed by atoms with E-state index < -0.39 is 5.54 Å². The molecule has 0 atom stereocenters. The number of benzene rings is 2. The molecule has 0 bridgehead atoms. The Morgan fingerprint density at radius 1 is 1.06 bits per heavy atom. The van der Waals surface area contributed by atoms with Gasteiger partial charge in [0.1, 0.15) is 4.91 Å². The second-order valence-corrected chi connectivity index (χ2v) is 11.7. The number of amides is 1. The quantitative estimate of drug-likeness (QED) is 0.232. The zero-order valence-electron chi connectivity index (χ0n) is 20.6. The van der Waals surface area contributed by atoms with Crippen LogP contribution >= 0.6 is 35.7 Å². The number of carbonyl (C=O) groups is 2. The van der Waals surface area contributed by atoms with Crippen molar-refractivity contribution in [1.29, 1.82) is 0 Å². The van der Waals surface area contributed by atoms with Crippen molar-refractivity contribution in [2.24, 2.45) is 0 Å². The van der Waals surface area contributed by atoms with Crippen LogP contribution in [0.5, 0.6) is 0 Å². The molecule has 2 heterocycles. The Balaban J connectivity index is 1.90. The lowest BCUT2D eigenvalue weighted by Gasteiger charge is -2.45. The lowest BCUT2D eigenvalue weighted by atomic mass is 9.82. The van der Waals surface area contributed by atoms with E-state index in [9.17, 15) is 9.59 Å². The molecule has 0 N–H and O–H groups in total. The minimum absolute atomic E-state index is 0.0674. The van der Waals surface area contributed by atoms with Crippen LogP contribution in [0, 0.1) is 6.92 Å². The molecule has 1 amide bonds. The van der Waals surface area contributed by atoms with Crippen LogP contribution in [-0.2, 0) is 14.3 Å². The summed E-state index contributed by atoms with van der Waals surface area (Å²) in [6.07, 6.45) is 1.23. The minimum atomic E-state index is -0.689. The van der Waals surface area contributed by atoms with E-state index in [-0.39, 0.29) is 11.9 Å². The summed E-state index contributed by atoms with van der Waals surface area (Å²) in [7, 11) is 0. The fraction of sp³-hybridized carbons (Fsp3) is 0.321. The third-order valence-electron chi connectivity index (χ3n) is 6.02. The van der Waals surface area contributed by atoms with Gasteiger partial charge in [0.25, 0.3) is 0 Å². The zero-order chi connectivity index (χ0) is 25.3. The molecule has 0 aliphatic carbocycles. The molecule has 0 aromatic heterocycles. The maximum absolute atomic E-state index is 13.3. The first kappa shape index (κ1) is 25.7. The Hall–Kier alpha value is -2.35. The Morgan fingerprint density at radius 2 is 1.77 bits per heavy atom. The second-order valence-electron chi connectivity index (χ2n) is 9.00. The van der Waals surface area contributed by atoms with Gasteiger partial charge < -0.3 is 9.64 Å². The van der Waals surface area contributed by atoms with E-state index in [2.05, 4.69) is 6.07 Å². The number of fused-ring (bicyclic) bond motifs is 1. The molecule has 0 radical (unpaired) electrons. The van der Waals surface area contributed by atoms with Gasteiger partial charge in [-0.15, -0.1) is 0 Å². The lowest BCUT2D eigenvalue weighted by molar-refractivity contribution is -0.137. The normalized spacial score (nSPS) is 19.1. The van der Waals surface area contributed by atoms with Crippen LogP contribution in [0.15, 0.2) is 57.7 Å². The van der Waals surface area contributed by atoms with Crippen LogP contribution in [0.4, 0.5) is 5.69 Å². The predicted molar refractivity (Wildman–Crippen MR) is 152 cm³/mol. The van der Waals surface area contributed by atoms with Crippen molar-refractivity contribution in [2.45, 2.75) is 53.0 Å². The molecular weight excluding hydrogens is 495 g/mol. The number of esters is 1. The molecule has 7 heteroatoms. The summed E-state index contributed by atoms with van der Waals surface area (Å²) >= 11 is 9.06. The summed E-state index contributed by atoms with van der Waals surface area (Å²) in [4.78, 5) is 30.2. The van der Waals surface area contributed by atoms with Gasteiger partial charge >= 0.3 is 5.97 Å². The summed E-state index contributed by atoms with van der Waals surface area (Å²) in [5, 5.41) is 0. The van der Waals surface area contributed by atoms with Gasteiger partial charge in [-0.1, -0.05) is 85.1 Å². The lowest BCUT2D eigenvalue weighted by Crippen LogP contribution is -2.55. The predicted octanol–water partition coefficient (Wildman–Crippen LogP) is 7.37. The number of thioether (sulfide) groups is 2. The third kappa shape index (κ3) is 4.74. The molecular formula is C28H29NO3S3. The smallest absolute Gasteiger partial charge is 0.346 e. The topological polar surface area (TPSA) is 46.6 Å². The molecule has 35 heavy (non-hydrogen) atoms. The average molecular weight is 524 g/mol. The highest BCUT2D eigenvalue weighted by Crippen LogP contribution is 2.58. The number of anilines is 1. The van der Waals surface area contributed by atoms with Crippen LogP contribution in [0.2, 0.25) is 0 Å². The number of aryl methyl sites for hydroxylation is 1. The molecule has 0 unspecified atom stereocenters. The van der Waals surface area contributed by atoms with E-state index in [0.29, 0.717) is 22.8 Å². The Bertz CT molecular complexity index is 1260. The number of hydrogen-bond donors (Lipinski definition) is 0. The van der Waals surface area contributed by atoms with Gasteiger partial charge in [-0.25, -0.2) is 4.79 Å². The first-order chi connectivity index (χ1) is 16.7. The van der Waals surface area contributed by atoms with Crippen molar-refractivity contribution in [3.05, 3.63) is 74.4 Å². The molecule has 2 aromatic rings. The Kier molecular flexibility index (Phi) is 7.60. The second kappa shape index (κ2) is 10.3. The summed E-state index contributed by atoms with van der Waals surface area (Å²) in [5.41, 5.74) is 4.07. The minimum Gasteiger partial charge on any atom is -0.462 e. The number of nitrogens with zero attached hydrogens (tertiary/aromatic N) is 1. The number of ether oxygens (including phenoxy) is 1. The van der Waals surface area contributed by atoms with Gasteiger partial charge in [0.05, 0.1) is 26.9 Å². The number of hydrogen-bond acceptors (Lipinski definition) is 6. The highest BCUT2D eigenvalue weighted by atomic mass is 32.2. The Morgan fingerprint density at radius 3 is 2.43 bits per heavy atom. The third-order valence-corrected chi connectivity index (χ3v) is 9.35. The van der Waals surface area contributed by atoms with E-state index in [1.807, 2.05) is 82.0 Å². The van der Waals surface area contributed by atoms with Crippen LogP contribution < -0.4 is 4.90 Å². The first-order valence-corrected chi connectivity index (χ1v) is 13.8. The maximum Gasteiger partial charge on any atom is 0.346 e.